The Labute approximate surface area is 125 Å². The van der Waals surface area contributed by atoms with Gasteiger partial charge in [0.05, 0.1) is 0 Å². The lowest BCUT2D eigenvalue weighted by Gasteiger charge is -2.25. The number of benzene rings is 2. The normalized spacial score (nSPS) is 13.8. The molecule has 21 heavy (non-hydrogen) atoms. The fraction of sp³-hybridized carbons (Fsp3) is 0.333. The molecule has 2 aromatic rings. The van der Waals surface area contributed by atoms with Crippen LogP contribution in [0.25, 0.3) is 0 Å². The number of nitrogens with two attached hydrogens (primary N) is 1. The molecule has 0 aliphatic rings. The highest BCUT2D eigenvalue weighted by atomic mass is 19.1. The first-order valence-corrected chi connectivity index (χ1v) is 7.26. The molecule has 112 valence electrons. The SMILES string of the molecule is CCC(N)C(Oc1ccc(F)c(C)c1)c1ccc(C)cc1. The maximum Gasteiger partial charge on any atom is 0.139 e. The van der Waals surface area contributed by atoms with Crippen LogP contribution in [0.1, 0.15) is 36.1 Å². The van der Waals surface area contributed by atoms with Gasteiger partial charge in [0.25, 0.3) is 0 Å². The Morgan fingerprint density at radius 2 is 1.76 bits per heavy atom. The van der Waals surface area contributed by atoms with Crippen molar-refractivity contribution >= 4 is 0 Å². The van der Waals surface area contributed by atoms with Crippen molar-refractivity contribution in [1.29, 1.82) is 0 Å². The molecule has 0 heterocycles. The standard InChI is InChI=1S/C18H22FNO/c1-4-17(20)18(14-7-5-12(2)6-8-14)21-15-9-10-16(19)13(3)11-15/h5-11,17-18H,4,20H2,1-3H3. The van der Waals surface area contributed by atoms with Crippen molar-refractivity contribution in [1.82, 2.24) is 0 Å². The zero-order valence-corrected chi connectivity index (χ0v) is 12.8. The summed E-state index contributed by atoms with van der Waals surface area (Å²) in [6.45, 7) is 5.80. The van der Waals surface area contributed by atoms with E-state index in [1.165, 1.54) is 11.6 Å². The highest BCUT2D eigenvalue weighted by Crippen LogP contribution is 2.27. The highest BCUT2D eigenvalue weighted by molar-refractivity contribution is 5.31. The van der Waals surface area contributed by atoms with Crippen LogP contribution in [0.3, 0.4) is 0 Å². The molecular formula is C18H22FNO. The summed E-state index contributed by atoms with van der Waals surface area (Å²) in [4.78, 5) is 0. The van der Waals surface area contributed by atoms with Gasteiger partial charge in [-0.1, -0.05) is 36.8 Å². The number of aryl methyl sites for hydroxylation is 2. The fourth-order valence-corrected chi connectivity index (χ4v) is 2.21. The van der Waals surface area contributed by atoms with E-state index in [0.29, 0.717) is 11.3 Å². The highest BCUT2D eigenvalue weighted by Gasteiger charge is 2.20. The van der Waals surface area contributed by atoms with Gasteiger partial charge in [0.15, 0.2) is 0 Å². The molecule has 0 amide bonds. The van der Waals surface area contributed by atoms with E-state index in [0.717, 1.165) is 12.0 Å². The van der Waals surface area contributed by atoms with E-state index in [1.807, 2.05) is 38.1 Å². The molecule has 0 fully saturated rings. The van der Waals surface area contributed by atoms with E-state index in [4.69, 9.17) is 10.5 Å². The monoisotopic (exact) mass is 287 g/mol. The predicted molar refractivity (Wildman–Crippen MR) is 84.0 cm³/mol. The minimum absolute atomic E-state index is 0.113. The first-order chi connectivity index (χ1) is 10.0. The first kappa shape index (κ1) is 15.5. The first-order valence-electron chi connectivity index (χ1n) is 7.26. The summed E-state index contributed by atoms with van der Waals surface area (Å²) in [5, 5.41) is 0. The predicted octanol–water partition coefficient (Wildman–Crippen LogP) is 4.30. The van der Waals surface area contributed by atoms with Gasteiger partial charge in [-0.05, 0) is 49.6 Å². The summed E-state index contributed by atoms with van der Waals surface area (Å²) < 4.78 is 19.4. The summed E-state index contributed by atoms with van der Waals surface area (Å²) in [6.07, 6.45) is 0.569. The number of rotatable bonds is 5. The summed E-state index contributed by atoms with van der Waals surface area (Å²) in [5.41, 5.74) is 9.01. The van der Waals surface area contributed by atoms with Gasteiger partial charge in [-0.2, -0.15) is 0 Å². The maximum atomic E-state index is 13.3. The van der Waals surface area contributed by atoms with Crippen molar-refractivity contribution < 1.29 is 9.13 Å². The molecule has 2 atom stereocenters. The molecule has 2 N–H and O–H groups in total. The average Bonchev–Trinajstić information content (AvgIpc) is 2.48. The Morgan fingerprint density at radius 1 is 1.10 bits per heavy atom. The second-order valence-corrected chi connectivity index (χ2v) is 5.43. The van der Waals surface area contributed by atoms with Crippen molar-refractivity contribution in [2.45, 2.75) is 39.3 Å². The second kappa shape index (κ2) is 6.72. The maximum absolute atomic E-state index is 13.3. The van der Waals surface area contributed by atoms with Crippen LogP contribution in [0.2, 0.25) is 0 Å². The number of hydrogen-bond donors (Lipinski definition) is 1. The molecule has 2 unspecified atom stereocenters. The number of halogens is 1. The molecule has 0 saturated heterocycles. The Morgan fingerprint density at radius 3 is 2.33 bits per heavy atom. The van der Waals surface area contributed by atoms with E-state index in [2.05, 4.69) is 0 Å². The Kier molecular flexibility index (Phi) is 4.97. The zero-order chi connectivity index (χ0) is 15.4. The van der Waals surface area contributed by atoms with Crippen LogP contribution in [-0.2, 0) is 0 Å². The van der Waals surface area contributed by atoms with Crippen LogP contribution >= 0.6 is 0 Å². The lowest BCUT2D eigenvalue weighted by Crippen LogP contribution is -2.31. The van der Waals surface area contributed by atoms with E-state index >= 15 is 0 Å². The van der Waals surface area contributed by atoms with E-state index in [-0.39, 0.29) is 18.0 Å². The van der Waals surface area contributed by atoms with Crippen LogP contribution in [0.5, 0.6) is 5.75 Å². The van der Waals surface area contributed by atoms with Crippen LogP contribution in [0, 0.1) is 19.7 Å². The van der Waals surface area contributed by atoms with Crippen LogP contribution in [0.15, 0.2) is 42.5 Å². The van der Waals surface area contributed by atoms with Crippen molar-refractivity contribution in [2.75, 3.05) is 0 Å². The lowest BCUT2D eigenvalue weighted by atomic mass is 9.99. The Hall–Kier alpha value is -1.87. The van der Waals surface area contributed by atoms with E-state index < -0.39 is 0 Å². The smallest absolute Gasteiger partial charge is 0.139 e. The molecular weight excluding hydrogens is 265 g/mol. The third-order valence-corrected chi connectivity index (χ3v) is 3.66. The molecule has 3 heteroatoms. The van der Waals surface area contributed by atoms with Gasteiger partial charge in [-0.3, -0.25) is 0 Å². The molecule has 0 aliphatic carbocycles. The molecule has 0 aromatic heterocycles. The fourth-order valence-electron chi connectivity index (χ4n) is 2.21. The molecule has 2 nitrogen and oxygen atoms in total. The molecule has 0 spiro atoms. The molecule has 0 aliphatic heterocycles. The summed E-state index contributed by atoms with van der Waals surface area (Å²) in [7, 11) is 0. The van der Waals surface area contributed by atoms with Gasteiger partial charge in [0, 0.05) is 6.04 Å². The third-order valence-electron chi connectivity index (χ3n) is 3.66. The molecule has 0 radical (unpaired) electrons. The number of ether oxygens (including phenoxy) is 1. The minimum atomic E-state index is -0.236. The van der Waals surface area contributed by atoms with Gasteiger partial charge in [-0.25, -0.2) is 4.39 Å². The van der Waals surface area contributed by atoms with Crippen molar-refractivity contribution in [3.63, 3.8) is 0 Å². The number of hydrogen-bond acceptors (Lipinski definition) is 2. The van der Waals surface area contributed by atoms with Crippen LogP contribution < -0.4 is 10.5 Å². The van der Waals surface area contributed by atoms with E-state index in [1.54, 1.807) is 19.1 Å². The van der Waals surface area contributed by atoms with Gasteiger partial charge in [-0.15, -0.1) is 0 Å². The van der Waals surface area contributed by atoms with E-state index in [9.17, 15) is 4.39 Å². The van der Waals surface area contributed by atoms with Crippen LogP contribution in [0.4, 0.5) is 4.39 Å². The summed E-state index contributed by atoms with van der Waals surface area (Å²) in [6, 6.07) is 12.8. The largest absolute Gasteiger partial charge is 0.484 e. The zero-order valence-electron chi connectivity index (χ0n) is 12.8. The van der Waals surface area contributed by atoms with Crippen LogP contribution in [-0.4, -0.2) is 6.04 Å². The second-order valence-electron chi connectivity index (χ2n) is 5.43. The summed E-state index contributed by atoms with van der Waals surface area (Å²) in [5.74, 6) is 0.414. The van der Waals surface area contributed by atoms with Gasteiger partial charge >= 0.3 is 0 Å². The lowest BCUT2D eigenvalue weighted by molar-refractivity contribution is 0.171. The Bertz CT molecular complexity index is 595. The Balaban J connectivity index is 2.28. The van der Waals surface area contributed by atoms with Gasteiger partial charge in [0.1, 0.15) is 17.7 Å². The molecule has 0 bridgehead atoms. The minimum Gasteiger partial charge on any atom is -0.484 e. The third kappa shape index (κ3) is 3.82. The average molecular weight is 287 g/mol. The topological polar surface area (TPSA) is 35.2 Å². The summed E-state index contributed by atoms with van der Waals surface area (Å²) >= 11 is 0. The van der Waals surface area contributed by atoms with Crippen molar-refractivity contribution in [3.05, 3.63) is 65.0 Å². The van der Waals surface area contributed by atoms with Gasteiger partial charge < -0.3 is 10.5 Å². The molecule has 2 rings (SSSR count). The van der Waals surface area contributed by atoms with Crippen molar-refractivity contribution in [3.8, 4) is 5.75 Å². The van der Waals surface area contributed by atoms with Crippen molar-refractivity contribution in [2.24, 2.45) is 5.73 Å². The van der Waals surface area contributed by atoms with Gasteiger partial charge in [0.2, 0.25) is 0 Å². The molecule has 0 saturated carbocycles. The quantitative estimate of drug-likeness (QED) is 0.890. The molecule has 2 aromatic carbocycles.